The van der Waals surface area contributed by atoms with Crippen LogP contribution in [0.5, 0.6) is 0 Å². The van der Waals surface area contributed by atoms with Crippen molar-refractivity contribution in [3.05, 3.63) is 35.4 Å². The summed E-state index contributed by atoms with van der Waals surface area (Å²) in [6.07, 6.45) is -4.27. The average molecular weight is 246 g/mol. The van der Waals surface area contributed by atoms with Crippen molar-refractivity contribution < 1.29 is 17.9 Å². The van der Waals surface area contributed by atoms with Crippen LogP contribution in [0.4, 0.5) is 13.2 Å². The fourth-order valence-electron chi connectivity index (χ4n) is 1.77. The summed E-state index contributed by atoms with van der Waals surface area (Å²) < 4.78 is 42.3. The Labute approximate surface area is 99.6 Å². The van der Waals surface area contributed by atoms with Gasteiger partial charge in [-0.05, 0) is 23.6 Å². The fraction of sp³-hybridized carbons (Fsp3) is 0.538. The summed E-state index contributed by atoms with van der Waals surface area (Å²) in [5.41, 5.74) is 0.274. The molecule has 0 amide bonds. The maximum absolute atomic E-state index is 12.4. The van der Waals surface area contributed by atoms with Crippen molar-refractivity contribution in [2.24, 2.45) is 5.92 Å². The van der Waals surface area contributed by atoms with E-state index in [0.29, 0.717) is 12.5 Å². The van der Waals surface area contributed by atoms with Gasteiger partial charge in [-0.1, -0.05) is 26.0 Å². The van der Waals surface area contributed by atoms with Crippen molar-refractivity contribution in [3.63, 3.8) is 0 Å². The molecule has 0 aliphatic carbocycles. The summed E-state index contributed by atoms with van der Waals surface area (Å²) in [6, 6.07) is 5.32. The third kappa shape index (κ3) is 3.73. The molecule has 0 N–H and O–H groups in total. The van der Waals surface area contributed by atoms with Crippen molar-refractivity contribution in [1.82, 2.24) is 0 Å². The minimum Gasteiger partial charge on any atom is -0.384 e. The van der Waals surface area contributed by atoms with E-state index >= 15 is 0 Å². The normalized spacial score (nSPS) is 14.1. The molecule has 0 saturated carbocycles. The molecule has 1 rings (SSSR count). The highest BCUT2D eigenvalue weighted by molar-refractivity contribution is 5.27. The summed E-state index contributed by atoms with van der Waals surface area (Å²) in [5, 5.41) is 0. The molecule has 0 fully saturated rings. The molecule has 0 heterocycles. The third-order valence-electron chi connectivity index (χ3n) is 2.82. The summed E-state index contributed by atoms with van der Waals surface area (Å²) in [5.74, 6) is 0.453. The van der Waals surface area contributed by atoms with E-state index in [-0.39, 0.29) is 5.92 Å². The lowest BCUT2D eigenvalue weighted by molar-refractivity contribution is -0.137. The maximum Gasteiger partial charge on any atom is 0.416 e. The minimum atomic E-state index is -4.27. The van der Waals surface area contributed by atoms with E-state index in [2.05, 4.69) is 0 Å². The summed E-state index contributed by atoms with van der Waals surface area (Å²) in [7, 11) is 1.60. The van der Waals surface area contributed by atoms with E-state index < -0.39 is 11.7 Å². The number of benzene rings is 1. The molecule has 1 aromatic rings. The van der Waals surface area contributed by atoms with Gasteiger partial charge in [0.05, 0.1) is 12.2 Å². The first-order valence-corrected chi connectivity index (χ1v) is 5.52. The second-order valence-electron chi connectivity index (χ2n) is 4.43. The topological polar surface area (TPSA) is 9.23 Å². The highest BCUT2D eigenvalue weighted by Crippen LogP contribution is 2.31. The number of rotatable bonds is 4. The Kier molecular flexibility index (Phi) is 4.57. The predicted octanol–water partition coefficient (Wildman–Crippen LogP) is 4.09. The van der Waals surface area contributed by atoms with Crippen molar-refractivity contribution in [1.29, 1.82) is 0 Å². The Morgan fingerprint density at radius 3 is 2.00 bits per heavy atom. The first-order valence-electron chi connectivity index (χ1n) is 5.52. The van der Waals surface area contributed by atoms with Gasteiger partial charge in [0, 0.05) is 13.0 Å². The van der Waals surface area contributed by atoms with Gasteiger partial charge in [0.1, 0.15) is 0 Å². The molecule has 0 spiro atoms. The van der Waals surface area contributed by atoms with Crippen LogP contribution in [-0.2, 0) is 10.9 Å². The van der Waals surface area contributed by atoms with Crippen molar-refractivity contribution in [2.75, 3.05) is 13.7 Å². The van der Waals surface area contributed by atoms with Crippen LogP contribution >= 0.6 is 0 Å². The number of alkyl halides is 3. The number of hydrogen-bond acceptors (Lipinski definition) is 1. The number of methoxy groups -OCH3 is 1. The number of ether oxygens (including phenoxy) is 1. The van der Waals surface area contributed by atoms with Gasteiger partial charge in [-0.3, -0.25) is 0 Å². The average Bonchev–Trinajstić information content (AvgIpc) is 2.24. The van der Waals surface area contributed by atoms with Crippen LogP contribution in [0.2, 0.25) is 0 Å². The SMILES string of the molecule is COCC(c1ccc(C(F)(F)F)cc1)C(C)C. The van der Waals surface area contributed by atoms with Gasteiger partial charge in [-0.25, -0.2) is 0 Å². The standard InChI is InChI=1S/C13H17F3O/c1-9(2)12(8-17-3)10-4-6-11(7-5-10)13(14,15)16/h4-7,9,12H,8H2,1-3H3. The summed E-state index contributed by atoms with van der Waals surface area (Å²) in [6.45, 7) is 4.58. The molecule has 1 aromatic carbocycles. The van der Waals surface area contributed by atoms with E-state index in [1.165, 1.54) is 12.1 Å². The lowest BCUT2D eigenvalue weighted by Crippen LogP contribution is -2.13. The van der Waals surface area contributed by atoms with Gasteiger partial charge in [-0.15, -0.1) is 0 Å². The molecule has 0 saturated heterocycles. The molecule has 96 valence electrons. The van der Waals surface area contributed by atoms with Gasteiger partial charge in [-0.2, -0.15) is 13.2 Å². The predicted molar refractivity (Wildman–Crippen MR) is 60.9 cm³/mol. The van der Waals surface area contributed by atoms with E-state index in [9.17, 15) is 13.2 Å². The van der Waals surface area contributed by atoms with Crippen LogP contribution < -0.4 is 0 Å². The van der Waals surface area contributed by atoms with Gasteiger partial charge < -0.3 is 4.74 Å². The monoisotopic (exact) mass is 246 g/mol. The smallest absolute Gasteiger partial charge is 0.384 e. The number of hydrogen-bond donors (Lipinski definition) is 0. The first kappa shape index (κ1) is 14.0. The molecule has 0 aromatic heterocycles. The Hall–Kier alpha value is -1.03. The molecule has 0 aliphatic heterocycles. The minimum absolute atomic E-state index is 0.127. The fourth-order valence-corrected chi connectivity index (χ4v) is 1.77. The van der Waals surface area contributed by atoms with Crippen molar-refractivity contribution >= 4 is 0 Å². The second kappa shape index (κ2) is 5.54. The molecular weight excluding hydrogens is 229 g/mol. The molecule has 0 radical (unpaired) electrons. The third-order valence-corrected chi connectivity index (χ3v) is 2.82. The van der Waals surface area contributed by atoms with E-state index in [0.717, 1.165) is 17.7 Å². The highest BCUT2D eigenvalue weighted by atomic mass is 19.4. The maximum atomic E-state index is 12.4. The Bertz CT molecular complexity index is 341. The Balaban J connectivity index is 2.92. The Morgan fingerprint density at radius 1 is 1.12 bits per heavy atom. The van der Waals surface area contributed by atoms with Crippen LogP contribution in [-0.4, -0.2) is 13.7 Å². The van der Waals surface area contributed by atoms with E-state index in [4.69, 9.17) is 4.74 Å². The lowest BCUT2D eigenvalue weighted by atomic mass is 9.89. The zero-order chi connectivity index (χ0) is 13.1. The van der Waals surface area contributed by atoms with Crippen LogP contribution in [0, 0.1) is 5.92 Å². The molecule has 1 nitrogen and oxygen atoms in total. The molecule has 4 heteroatoms. The van der Waals surface area contributed by atoms with E-state index in [1.807, 2.05) is 13.8 Å². The van der Waals surface area contributed by atoms with Crippen LogP contribution in [0.1, 0.15) is 30.9 Å². The highest BCUT2D eigenvalue weighted by Gasteiger charge is 2.30. The molecule has 0 aliphatic rings. The largest absolute Gasteiger partial charge is 0.416 e. The molecule has 1 atom stereocenters. The zero-order valence-electron chi connectivity index (χ0n) is 10.2. The Morgan fingerprint density at radius 2 is 1.65 bits per heavy atom. The van der Waals surface area contributed by atoms with Crippen LogP contribution in [0.15, 0.2) is 24.3 Å². The van der Waals surface area contributed by atoms with Gasteiger partial charge in [0.15, 0.2) is 0 Å². The van der Waals surface area contributed by atoms with Crippen molar-refractivity contribution in [2.45, 2.75) is 25.9 Å². The zero-order valence-corrected chi connectivity index (χ0v) is 10.2. The van der Waals surface area contributed by atoms with E-state index in [1.54, 1.807) is 7.11 Å². The lowest BCUT2D eigenvalue weighted by Gasteiger charge is -2.20. The summed E-state index contributed by atoms with van der Waals surface area (Å²) in [4.78, 5) is 0. The van der Waals surface area contributed by atoms with Crippen LogP contribution in [0.3, 0.4) is 0 Å². The molecule has 0 bridgehead atoms. The quantitative estimate of drug-likeness (QED) is 0.777. The molecule has 1 unspecified atom stereocenters. The molecular formula is C13H17F3O. The van der Waals surface area contributed by atoms with Crippen molar-refractivity contribution in [3.8, 4) is 0 Å². The number of halogens is 3. The van der Waals surface area contributed by atoms with Gasteiger partial charge >= 0.3 is 6.18 Å². The second-order valence-corrected chi connectivity index (χ2v) is 4.43. The van der Waals surface area contributed by atoms with Gasteiger partial charge in [0.2, 0.25) is 0 Å². The molecule has 17 heavy (non-hydrogen) atoms. The van der Waals surface area contributed by atoms with Gasteiger partial charge in [0.25, 0.3) is 0 Å². The summed E-state index contributed by atoms with van der Waals surface area (Å²) >= 11 is 0. The van der Waals surface area contributed by atoms with Crippen LogP contribution in [0.25, 0.3) is 0 Å². The first-order chi connectivity index (χ1) is 7.86.